The minimum Gasteiger partial charge on any atom is -0.330 e. The molecule has 0 aromatic carbocycles. The van der Waals surface area contributed by atoms with Gasteiger partial charge < -0.3 is 21.3 Å². The van der Waals surface area contributed by atoms with Crippen molar-refractivity contribution >= 4 is 0 Å². The summed E-state index contributed by atoms with van der Waals surface area (Å²) in [4.78, 5) is 7.54. The van der Waals surface area contributed by atoms with Gasteiger partial charge in [0.2, 0.25) is 0 Å². The van der Waals surface area contributed by atoms with Crippen LogP contribution in [0.2, 0.25) is 0 Å². The van der Waals surface area contributed by atoms with E-state index in [0.717, 1.165) is 39.0 Å². The first kappa shape index (κ1) is 21.8. The molecule has 2 unspecified atom stereocenters. The van der Waals surface area contributed by atoms with Gasteiger partial charge in [0.05, 0.1) is 0 Å². The Morgan fingerprint density at radius 3 is 2.21 bits per heavy atom. The lowest BCUT2D eigenvalue weighted by molar-refractivity contribution is 0.135. The Morgan fingerprint density at radius 2 is 1.58 bits per heavy atom. The van der Waals surface area contributed by atoms with Crippen molar-refractivity contribution in [1.82, 2.24) is 14.7 Å². The molecular formula is C19H43N5. The number of nitrogens with two attached hydrogens (primary N) is 2. The molecule has 144 valence electrons. The Kier molecular flexibility index (Phi) is 9.17. The van der Waals surface area contributed by atoms with E-state index in [2.05, 4.69) is 49.6 Å². The van der Waals surface area contributed by atoms with Crippen LogP contribution >= 0.6 is 0 Å². The van der Waals surface area contributed by atoms with Crippen LogP contribution in [0.5, 0.6) is 0 Å². The molecule has 4 N–H and O–H groups in total. The van der Waals surface area contributed by atoms with Crippen LogP contribution in [-0.4, -0.2) is 85.7 Å². The fourth-order valence-corrected chi connectivity index (χ4v) is 3.40. The molecule has 0 aliphatic carbocycles. The van der Waals surface area contributed by atoms with Gasteiger partial charge in [0.15, 0.2) is 0 Å². The maximum Gasteiger partial charge on any atom is 0.0309 e. The van der Waals surface area contributed by atoms with Crippen molar-refractivity contribution in [2.24, 2.45) is 11.5 Å². The fourth-order valence-electron chi connectivity index (χ4n) is 3.40. The number of rotatable bonds is 14. The normalized spacial score (nSPS) is 24.1. The van der Waals surface area contributed by atoms with Crippen LogP contribution in [0.25, 0.3) is 0 Å². The van der Waals surface area contributed by atoms with Crippen LogP contribution < -0.4 is 11.5 Å². The van der Waals surface area contributed by atoms with Crippen LogP contribution in [0, 0.1) is 0 Å². The van der Waals surface area contributed by atoms with Crippen LogP contribution in [0.1, 0.15) is 52.9 Å². The largest absolute Gasteiger partial charge is 0.330 e. The smallest absolute Gasteiger partial charge is 0.0309 e. The van der Waals surface area contributed by atoms with E-state index in [1.54, 1.807) is 0 Å². The summed E-state index contributed by atoms with van der Waals surface area (Å²) in [6, 6.07) is 0. The number of hydrogen-bond donors (Lipinski definition) is 2. The number of nitrogens with zero attached hydrogens (tertiary/aromatic N) is 3. The van der Waals surface area contributed by atoms with E-state index >= 15 is 0 Å². The summed E-state index contributed by atoms with van der Waals surface area (Å²) in [5, 5.41) is 0. The first-order valence-corrected chi connectivity index (χ1v) is 9.80. The molecule has 2 atom stereocenters. The molecule has 1 heterocycles. The quantitative estimate of drug-likeness (QED) is 0.470. The molecule has 24 heavy (non-hydrogen) atoms. The van der Waals surface area contributed by atoms with Crippen molar-refractivity contribution in [1.29, 1.82) is 0 Å². The molecule has 5 heteroatoms. The average molecular weight is 342 g/mol. The SMILES string of the molecule is CN(CCCN)CCCC1(C)CN1CCC(C)(C)N(C)CCCN. The second-order valence-corrected chi connectivity index (χ2v) is 8.59. The Labute approximate surface area is 150 Å². The lowest BCUT2D eigenvalue weighted by Gasteiger charge is -2.36. The molecule has 0 amide bonds. The summed E-state index contributed by atoms with van der Waals surface area (Å²) in [5.41, 5.74) is 11.9. The first-order valence-electron chi connectivity index (χ1n) is 9.80. The maximum atomic E-state index is 5.64. The van der Waals surface area contributed by atoms with E-state index in [1.807, 2.05) is 0 Å². The summed E-state index contributed by atoms with van der Waals surface area (Å²) >= 11 is 0. The summed E-state index contributed by atoms with van der Waals surface area (Å²) in [5.74, 6) is 0. The Hall–Kier alpha value is -0.200. The third kappa shape index (κ3) is 7.36. The van der Waals surface area contributed by atoms with Gasteiger partial charge in [-0.25, -0.2) is 0 Å². The molecule has 5 nitrogen and oxygen atoms in total. The highest BCUT2D eigenvalue weighted by Gasteiger charge is 2.46. The second kappa shape index (κ2) is 10.1. The van der Waals surface area contributed by atoms with Crippen molar-refractivity contribution in [3.63, 3.8) is 0 Å². The molecule has 1 fully saturated rings. The second-order valence-electron chi connectivity index (χ2n) is 8.59. The Balaban J connectivity index is 2.22. The molecule has 1 rings (SSSR count). The molecule has 1 aliphatic rings. The van der Waals surface area contributed by atoms with Gasteiger partial charge in [-0.15, -0.1) is 0 Å². The van der Waals surface area contributed by atoms with E-state index in [0.29, 0.717) is 5.54 Å². The lowest BCUT2D eigenvalue weighted by atomic mass is 9.98. The standard InChI is InChI=1S/C19H43N5/c1-18(2,23(5)15-8-12-21)10-16-24-17-19(24,3)9-6-13-22(4)14-7-11-20/h6-17,20-21H2,1-5H3. The highest BCUT2D eigenvalue weighted by atomic mass is 15.4. The number of hydrogen-bond acceptors (Lipinski definition) is 5. The Bertz CT molecular complexity index is 347. The molecule has 0 aromatic rings. The zero-order valence-electron chi connectivity index (χ0n) is 17.0. The van der Waals surface area contributed by atoms with Crippen molar-refractivity contribution in [3.05, 3.63) is 0 Å². The van der Waals surface area contributed by atoms with Crippen LogP contribution in [0.4, 0.5) is 0 Å². The highest BCUT2D eigenvalue weighted by molar-refractivity contribution is 5.04. The topological polar surface area (TPSA) is 61.5 Å². The monoisotopic (exact) mass is 341 g/mol. The molecule has 1 saturated heterocycles. The van der Waals surface area contributed by atoms with Gasteiger partial charge in [-0.2, -0.15) is 0 Å². The zero-order chi connectivity index (χ0) is 18.2. The van der Waals surface area contributed by atoms with Gasteiger partial charge in [0, 0.05) is 24.2 Å². The molecular weight excluding hydrogens is 298 g/mol. The van der Waals surface area contributed by atoms with Crippen molar-refractivity contribution < 1.29 is 0 Å². The molecule has 0 bridgehead atoms. The predicted molar refractivity (Wildman–Crippen MR) is 105 cm³/mol. The fraction of sp³-hybridized carbons (Fsp3) is 1.00. The van der Waals surface area contributed by atoms with Gasteiger partial charge in [0.1, 0.15) is 0 Å². The minimum atomic E-state index is 0.251. The van der Waals surface area contributed by atoms with Gasteiger partial charge >= 0.3 is 0 Å². The zero-order valence-corrected chi connectivity index (χ0v) is 17.0. The van der Waals surface area contributed by atoms with E-state index in [4.69, 9.17) is 11.5 Å². The summed E-state index contributed by atoms with van der Waals surface area (Å²) < 4.78 is 0. The lowest BCUT2D eigenvalue weighted by Crippen LogP contribution is -2.43. The predicted octanol–water partition coefficient (Wildman–Crippen LogP) is 1.57. The van der Waals surface area contributed by atoms with Gasteiger partial charge in [0.25, 0.3) is 0 Å². The maximum absolute atomic E-state index is 5.64. The van der Waals surface area contributed by atoms with E-state index in [9.17, 15) is 0 Å². The van der Waals surface area contributed by atoms with Crippen LogP contribution in [-0.2, 0) is 0 Å². The summed E-state index contributed by atoms with van der Waals surface area (Å²) in [6.45, 7) is 14.6. The van der Waals surface area contributed by atoms with Gasteiger partial charge in [-0.3, -0.25) is 4.90 Å². The van der Waals surface area contributed by atoms with Crippen molar-refractivity contribution in [2.75, 3.05) is 59.9 Å². The van der Waals surface area contributed by atoms with Gasteiger partial charge in [-0.05, 0) is 99.7 Å². The third-order valence-electron chi connectivity index (χ3n) is 5.92. The van der Waals surface area contributed by atoms with E-state index in [1.165, 1.54) is 38.9 Å². The van der Waals surface area contributed by atoms with Gasteiger partial charge in [-0.1, -0.05) is 0 Å². The van der Waals surface area contributed by atoms with Crippen molar-refractivity contribution in [2.45, 2.75) is 64.0 Å². The molecule has 0 saturated carbocycles. The molecule has 0 spiro atoms. The molecule has 0 radical (unpaired) electrons. The Morgan fingerprint density at radius 1 is 1.00 bits per heavy atom. The first-order chi connectivity index (χ1) is 11.2. The van der Waals surface area contributed by atoms with Crippen LogP contribution in [0.3, 0.4) is 0 Å². The van der Waals surface area contributed by atoms with E-state index in [-0.39, 0.29) is 5.54 Å². The summed E-state index contributed by atoms with van der Waals surface area (Å²) in [6.07, 6.45) is 6.00. The minimum absolute atomic E-state index is 0.251. The molecule has 1 aliphatic heterocycles. The van der Waals surface area contributed by atoms with Crippen molar-refractivity contribution in [3.8, 4) is 0 Å². The van der Waals surface area contributed by atoms with Crippen LogP contribution in [0.15, 0.2) is 0 Å². The highest BCUT2D eigenvalue weighted by Crippen LogP contribution is 2.37. The molecule has 0 aromatic heterocycles. The third-order valence-corrected chi connectivity index (χ3v) is 5.92. The van der Waals surface area contributed by atoms with E-state index < -0.39 is 0 Å². The summed E-state index contributed by atoms with van der Waals surface area (Å²) in [7, 11) is 4.44. The average Bonchev–Trinajstić information content (AvgIpc) is 3.19.